The van der Waals surface area contributed by atoms with Gasteiger partial charge in [-0.3, -0.25) is 0 Å². The normalized spacial score (nSPS) is 28.5. The fourth-order valence-corrected chi connectivity index (χ4v) is 19.2. The number of benzene rings is 3. The average Bonchev–Trinajstić information content (AvgIpc) is 3.54. The van der Waals surface area contributed by atoms with Gasteiger partial charge in [-0.1, -0.05) is 0 Å². The van der Waals surface area contributed by atoms with Crippen LogP contribution in [0.4, 0.5) is 0 Å². The van der Waals surface area contributed by atoms with E-state index in [0.717, 1.165) is 30.1 Å². The SMILES string of the molecule is C/[C](c1ccc(C)cc1)=[Zr+2](\[C]1=CC(C2(C)C3CC4CC(C3)CC2C4)=CC1C)[c]1c(C)c(C)cc2c1Cc1cc(C)c(C)cc1-2.[Cl-].[Cl-]. The van der Waals surface area contributed by atoms with Crippen molar-refractivity contribution < 1.29 is 46.1 Å². The Balaban J connectivity index is 0.00000186. The van der Waals surface area contributed by atoms with Gasteiger partial charge >= 0.3 is 276 Å². The Bertz CT molecular complexity index is 1790. The smallest absolute Gasteiger partial charge is 1.00 e. The summed E-state index contributed by atoms with van der Waals surface area (Å²) in [7, 11) is 0. The van der Waals surface area contributed by atoms with E-state index >= 15 is 0 Å². The van der Waals surface area contributed by atoms with Crippen molar-refractivity contribution in [2.75, 3.05) is 0 Å². The molecular formula is C43H50Cl2Zr. The van der Waals surface area contributed by atoms with Crippen molar-refractivity contribution in [1.29, 1.82) is 0 Å². The van der Waals surface area contributed by atoms with Crippen LogP contribution in [0.5, 0.6) is 0 Å². The van der Waals surface area contributed by atoms with Gasteiger partial charge < -0.3 is 24.8 Å². The van der Waals surface area contributed by atoms with E-state index in [1.54, 1.807) is 28.7 Å². The first-order valence-electron chi connectivity index (χ1n) is 17.5. The van der Waals surface area contributed by atoms with Crippen molar-refractivity contribution >= 4 is 6.48 Å². The first-order valence-corrected chi connectivity index (χ1v) is 21.2. The van der Waals surface area contributed by atoms with Crippen molar-refractivity contribution in [3.63, 3.8) is 0 Å². The second-order valence-electron chi connectivity index (χ2n) is 16.0. The molecule has 3 aromatic carbocycles. The maximum Gasteiger partial charge on any atom is -1.00 e. The summed E-state index contributed by atoms with van der Waals surface area (Å²) in [6, 6.07) is 17.0. The Kier molecular flexibility index (Phi) is 9.27. The fourth-order valence-electron chi connectivity index (χ4n) is 10.7. The molecule has 46 heavy (non-hydrogen) atoms. The van der Waals surface area contributed by atoms with Crippen molar-refractivity contribution in [1.82, 2.24) is 0 Å². The molecule has 6 aliphatic rings. The largest absolute Gasteiger partial charge is 1.00 e. The van der Waals surface area contributed by atoms with Gasteiger partial charge in [0.1, 0.15) is 0 Å². The summed E-state index contributed by atoms with van der Waals surface area (Å²) >= 11 is -2.58. The average molecular weight is 729 g/mol. The second kappa shape index (κ2) is 12.4. The van der Waals surface area contributed by atoms with Crippen molar-refractivity contribution in [2.24, 2.45) is 35.0 Å². The molecule has 0 radical (unpaired) electrons. The Labute approximate surface area is 298 Å². The monoisotopic (exact) mass is 726 g/mol. The van der Waals surface area contributed by atoms with Crippen molar-refractivity contribution in [2.45, 2.75) is 93.9 Å². The van der Waals surface area contributed by atoms with Crippen LogP contribution in [0.15, 0.2) is 63.5 Å². The van der Waals surface area contributed by atoms with Gasteiger partial charge in [0.05, 0.1) is 0 Å². The molecule has 3 heteroatoms. The summed E-state index contributed by atoms with van der Waals surface area (Å²) in [5, 5.41) is 0. The van der Waals surface area contributed by atoms with Gasteiger partial charge in [0, 0.05) is 0 Å². The van der Waals surface area contributed by atoms with Crippen LogP contribution >= 0.6 is 0 Å². The Morgan fingerprint density at radius 1 is 0.761 bits per heavy atom. The molecule has 3 aromatic rings. The van der Waals surface area contributed by atoms with Crippen LogP contribution in [0.25, 0.3) is 11.1 Å². The van der Waals surface area contributed by atoms with E-state index in [9.17, 15) is 0 Å². The van der Waals surface area contributed by atoms with Gasteiger partial charge in [0.15, 0.2) is 0 Å². The van der Waals surface area contributed by atoms with E-state index in [1.165, 1.54) is 71.0 Å². The first kappa shape index (κ1) is 34.3. The minimum Gasteiger partial charge on any atom is -1.00 e. The van der Waals surface area contributed by atoms with Crippen molar-refractivity contribution in [3.05, 3.63) is 108 Å². The number of hydrogen-bond acceptors (Lipinski definition) is 0. The van der Waals surface area contributed by atoms with E-state index in [4.69, 9.17) is 0 Å². The number of halogens is 2. The van der Waals surface area contributed by atoms with Crippen LogP contribution < -0.4 is 28.1 Å². The van der Waals surface area contributed by atoms with Gasteiger partial charge in [0.2, 0.25) is 0 Å². The molecule has 4 saturated carbocycles. The van der Waals surface area contributed by atoms with E-state index in [0.29, 0.717) is 11.3 Å². The Hall–Kier alpha value is -1.53. The molecule has 240 valence electrons. The summed E-state index contributed by atoms with van der Waals surface area (Å²) < 4.78 is 5.32. The van der Waals surface area contributed by atoms with E-state index in [1.807, 2.05) is 3.28 Å². The molecular weight excluding hydrogens is 679 g/mol. The molecule has 1 atom stereocenters. The summed E-state index contributed by atoms with van der Waals surface area (Å²) in [6.45, 7) is 19.4. The van der Waals surface area contributed by atoms with Gasteiger partial charge in [0.25, 0.3) is 0 Å². The van der Waals surface area contributed by atoms with Crippen LogP contribution in [-0.4, -0.2) is 3.21 Å². The van der Waals surface area contributed by atoms with Crippen molar-refractivity contribution in [3.8, 4) is 11.1 Å². The molecule has 0 N–H and O–H groups in total. The summed E-state index contributed by atoms with van der Waals surface area (Å²) in [5.74, 6) is 4.37. The summed E-state index contributed by atoms with van der Waals surface area (Å²) in [6.07, 6.45) is 14.2. The second-order valence-corrected chi connectivity index (χ2v) is 22.3. The van der Waals surface area contributed by atoms with Gasteiger partial charge in [-0.2, -0.15) is 0 Å². The molecule has 4 bridgehead atoms. The molecule has 4 fully saturated rings. The minimum atomic E-state index is -2.58. The number of allylic oxidation sites excluding steroid dienone is 4. The standard InChI is InChI=1S/C17H23.C17H17.C9H10.2ClH.Zr/c1-11-3-4-14(5-11)17(2)15-7-12-6-13(9-15)10-16(17)8-12;1-10-5-14-9-15-6-11(2)13(4)8-17(15)16(14)7-12(10)3;1-3-9-6-4-8(2)5-7-9;;;/h4-5,11-13,15-16H,6-10H2,1-2H3;5,7-8H,9H2,1-4H3;4-7H,1-2H3;2*1H;/q;;;;;+2/p-2. The van der Waals surface area contributed by atoms with Crippen LogP contribution in [0.3, 0.4) is 0 Å². The van der Waals surface area contributed by atoms with E-state index < -0.39 is 21.3 Å². The maximum atomic E-state index is 2.84. The Morgan fingerprint density at radius 3 is 1.98 bits per heavy atom. The predicted molar refractivity (Wildman–Crippen MR) is 185 cm³/mol. The third kappa shape index (κ3) is 5.20. The molecule has 1 unspecified atom stereocenters. The van der Waals surface area contributed by atoms with Crippen LogP contribution in [0.2, 0.25) is 0 Å². The van der Waals surface area contributed by atoms with Gasteiger partial charge in [-0.25, -0.2) is 0 Å². The first-order chi connectivity index (χ1) is 21.0. The minimum absolute atomic E-state index is 0. The molecule has 0 aromatic heterocycles. The zero-order chi connectivity index (χ0) is 30.7. The van der Waals surface area contributed by atoms with Gasteiger partial charge in [-0.15, -0.1) is 0 Å². The van der Waals surface area contributed by atoms with Crippen LogP contribution in [-0.2, 0) is 27.7 Å². The molecule has 0 nitrogen and oxygen atoms in total. The van der Waals surface area contributed by atoms with E-state index in [-0.39, 0.29) is 24.8 Å². The molecule has 0 spiro atoms. The molecule has 0 saturated heterocycles. The zero-order valence-corrected chi connectivity index (χ0v) is 33.1. The van der Waals surface area contributed by atoms with Crippen LogP contribution in [0.1, 0.15) is 97.4 Å². The summed E-state index contributed by atoms with van der Waals surface area (Å²) in [4.78, 5) is 0. The number of hydrogen-bond donors (Lipinski definition) is 0. The molecule has 0 amide bonds. The topological polar surface area (TPSA) is 0 Å². The zero-order valence-electron chi connectivity index (χ0n) is 29.1. The summed E-state index contributed by atoms with van der Waals surface area (Å²) in [5.41, 5.74) is 17.1. The molecule has 0 heterocycles. The predicted octanol–water partition coefficient (Wildman–Crippen LogP) is 4.21. The molecule has 0 aliphatic heterocycles. The number of aryl methyl sites for hydroxylation is 4. The van der Waals surface area contributed by atoms with Gasteiger partial charge in [-0.05, 0) is 0 Å². The Morgan fingerprint density at radius 2 is 1.35 bits per heavy atom. The number of rotatable bonds is 4. The third-order valence-corrected chi connectivity index (χ3v) is 21.8. The van der Waals surface area contributed by atoms with Crippen LogP contribution in [0, 0.1) is 69.6 Å². The third-order valence-electron chi connectivity index (χ3n) is 13.4. The van der Waals surface area contributed by atoms with E-state index in [2.05, 4.69) is 110 Å². The molecule has 6 aliphatic carbocycles. The molecule has 9 rings (SSSR count). The quantitative estimate of drug-likeness (QED) is 0.296. The maximum absolute atomic E-state index is 2.84. The number of fused-ring (bicyclic) bond motifs is 3. The fraction of sp³-hybridized carbons (Fsp3) is 0.465.